The summed E-state index contributed by atoms with van der Waals surface area (Å²) in [5.74, 6) is -0.972. The minimum Gasteiger partial charge on any atom is -0.494 e. The summed E-state index contributed by atoms with van der Waals surface area (Å²) in [7, 11) is 1.57. The predicted molar refractivity (Wildman–Crippen MR) is 257 cm³/mol. The van der Waals surface area contributed by atoms with Crippen LogP contribution in [0.25, 0.3) is 16.1 Å². The number of aryl methyl sites for hydroxylation is 1. The molecule has 0 bridgehead atoms. The number of aliphatic hydroxyl groups is 1. The Bertz CT molecular complexity index is 2420. The highest BCUT2D eigenvalue weighted by Crippen LogP contribution is 2.34. The lowest BCUT2D eigenvalue weighted by Crippen LogP contribution is -2.58. The summed E-state index contributed by atoms with van der Waals surface area (Å²) in [6, 6.07) is 17.2. The molecular weight excluding hydrogens is 857 g/mol. The highest BCUT2D eigenvalue weighted by Gasteiger charge is 2.45. The molecule has 66 heavy (non-hydrogen) atoms. The van der Waals surface area contributed by atoms with Gasteiger partial charge in [0, 0.05) is 75.6 Å². The van der Waals surface area contributed by atoms with Crippen molar-refractivity contribution in [1.29, 1.82) is 5.41 Å². The van der Waals surface area contributed by atoms with Crippen molar-refractivity contribution in [1.82, 2.24) is 30.4 Å². The molecule has 3 aliphatic rings. The maximum atomic E-state index is 14.3. The first-order valence-electron chi connectivity index (χ1n) is 22.6. The number of piperazine rings is 1. The second-order valence-corrected chi connectivity index (χ2v) is 19.3. The average Bonchev–Trinajstić information content (AvgIpc) is 3.94. The van der Waals surface area contributed by atoms with Crippen LogP contribution in [0.2, 0.25) is 0 Å². The van der Waals surface area contributed by atoms with E-state index in [0.717, 1.165) is 72.6 Å². The lowest BCUT2D eigenvalue weighted by atomic mass is 9.82. The van der Waals surface area contributed by atoms with Crippen molar-refractivity contribution in [2.75, 3.05) is 50.1 Å². The minimum absolute atomic E-state index is 0.0221. The van der Waals surface area contributed by atoms with Gasteiger partial charge in [0.15, 0.2) is 0 Å². The molecule has 2 aromatic heterocycles. The second kappa shape index (κ2) is 21.0. The number of carbonyl (C=O) groups is 4. The van der Waals surface area contributed by atoms with Gasteiger partial charge in [0.1, 0.15) is 23.5 Å². The van der Waals surface area contributed by atoms with Crippen LogP contribution in [0, 0.1) is 23.7 Å². The molecule has 7 rings (SSSR count). The van der Waals surface area contributed by atoms with Gasteiger partial charge in [-0.3, -0.25) is 24.1 Å². The fraction of sp³-hybridized carbons (Fsp3) is 0.449. The van der Waals surface area contributed by atoms with E-state index in [-0.39, 0.29) is 54.5 Å². The molecule has 2 aliphatic heterocycles. The normalized spacial score (nSPS) is 20.9. The molecule has 16 nitrogen and oxygen atoms in total. The summed E-state index contributed by atoms with van der Waals surface area (Å²) >= 11 is 1.58. The van der Waals surface area contributed by atoms with Crippen molar-refractivity contribution in [2.24, 2.45) is 17.1 Å². The number of aromatic nitrogens is 2. The Balaban J connectivity index is 0.886. The van der Waals surface area contributed by atoms with E-state index in [1.54, 1.807) is 36.6 Å². The van der Waals surface area contributed by atoms with Crippen LogP contribution in [0.4, 0.5) is 11.4 Å². The van der Waals surface area contributed by atoms with Crippen LogP contribution in [-0.2, 0) is 20.9 Å². The van der Waals surface area contributed by atoms with Crippen LogP contribution in [0.5, 0.6) is 5.75 Å². The van der Waals surface area contributed by atoms with Gasteiger partial charge in [-0.1, -0.05) is 51.1 Å². The van der Waals surface area contributed by atoms with E-state index >= 15 is 0 Å². The van der Waals surface area contributed by atoms with E-state index in [1.807, 2.05) is 75.7 Å². The molecule has 1 saturated carbocycles. The van der Waals surface area contributed by atoms with E-state index < -0.39 is 29.5 Å². The number of amides is 4. The number of hydrogen-bond acceptors (Lipinski definition) is 13. The number of anilines is 2. The summed E-state index contributed by atoms with van der Waals surface area (Å²) < 4.78 is 5.68. The van der Waals surface area contributed by atoms with Crippen molar-refractivity contribution in [3.8, 4) is 16.2 Å². The summed E-state index contributed by atoms with van der Waals surface area (Å²) in [4.78, 5) is 70.9. The number of pyridine rings is 1. The third-order valence-electron chi connectivity index (χ3n) is 12.9. The van der Waals surface area contributed by atoms with Gasteiger partial charge in [0.25, 0.3) is 5.91 Å². The number of carbonyl (C=O) groups excluding carboxylic acids is 4. The van der Waals surface area contributed by atoms with Gasteiger partial charge >= 0.3 is 0 Å². The number of aliphatic hydroxyl groups excluding tert-OH is 1. The molecular formula is C49H62N10O6S. The second-order valence-electron chi connectivity index (χ2n) is 18.4. The minimum atomic E-state index is -0.876. The van der Waals surface area contributed by atoms with E-state index in [2.05, 4.69) is 35.7 Å². The van der Waals surface area contributed by atoms with Crippen molar-refractivity contribution >= 4 is 58.3 Å². The summed E-state index contributed by atoms with van der Waals surface area (Å²) in [5.41, 5.74) is 12.5. The van der Waals surface area contributed by atoms with E-state index in [0.29, 0.717) is 36.0 Å². The molecule has 2 saturated heterocycles. The Kier molecular flexibility index (Phi) is 15.2. The molecule has 7 N–H and O–H groups in total. The zero-order valence-electron chi connectivity index (χ0n) is 38.4. The zero-order valence-corrected chi connectivity index (χ0v) is 39.2. The van der Waals surface area contributed by atoms with Gasteiger partial charge in [0.05, 0.1) is 46.4 Å². The van der Waals surface area contributed by atoms with Gasteiger partial charge in [-0.25, -0.2) is 9.97 Å². The summed E-state index contributed by atoms with van der Waals surface area (Å²) in [5, 5.41) is 26.9. The number of rotatable bonds is 14. The maximum Gasteiger partial charge on any atom is 0.274 e. The lowest BCUT2D eigenvalue weighted by molar-refractivity contribution is -0.144. The standard InChI is InChI=1S/C49H62N10O6S/c1-30-43(66-29-53-30)32-11-9-31(10-12-32)27-52-47(63)41-26-36(60)28-59(41)48(64)44(49(2,3)4)56-45(61)33-13-15-34(16-14-33)57-21-23-58(24-22-57)35-17-18-39(42(25-35)65-5)55-46(62)40-8-6-7-38(54-40)37(51)19-20-50/h6-12,17-20,25,29,33-34,36,41,44,50,60H,13-16,21-24,26-28,51H2,1-5H3,(H,52,63)(H,55,62)(H,56,61)/b37-19-,50-20?/t33?,34?,36-,41+,44-/m1/s1. The number of ether oxygens (including phenoxy) is 1. The molecule has 4 amide bonds. The smallest absolute Gasteiger partial charge is 0.274 e. The van der Waals surface area contributed by atoms with Crippen molar-refractivity contribution in [3.05, 3.63) is 94.9 Å². The molecule has 4 aromatic rings. The molecule has 0 unspecified atom stereocenters. The number of nitrogens with one attached hydrogen (secondary N) is 4. The van der Waals surface area contributed by atoms with Crippen molar-refractivity contribution in [3.63, 3.8) is 0 Å². The molecule has 0 radical (unpaired) electrons. The van der Waals surface area contributed by atoms with Crippen molar-refractivity contribution in [2.45, 2.75) is 90.6 Å². The highest BCUT2D eigenvalue weighted by molar-refractivity contribution is 7.13. The van der Waals surface area contributed by atoms with Gasteiger partial charge < -0.3 is 46.7 Å². The van der Waals surface area contributed by atoms with Crippen LogP contribution in [0.15, 0.2) is 72.3 Å². The average molecular weight is 919 g/mol. The third-order valence-corrected chi connectivity index (χ3v) is 13.9. The number of nitrogens with two attached hydrogens (primary N) is 1. The van der Waals surface area contributed by atoms with Crippen LogP contribution in [-0.4, -0.2) is 119 Å². The molecule has 350 valence electrons. The molecule has 3 atom stereocenters. The molecule has 1 aliphatic carbocycles. The number of likely N-dealkylation sites (tertiary alicyclic amines) is 1. The SMILES string of the molecule is COc1cc(N2CCN(C3CCC(C(=O)N[C@H](C(=O)N4C[C@H](O)C[C@H]4C(=O)NCc4ccc(-c5scnc5C)cc4)C(C)(C)C)CC3)CC2)ccc1NC(=O)c1cccc(/C(N)=C/C=N)n1. The number of hydrogen-bond donors (Lipinski definition) is 6. The van der Waals surface area contributed by atoms with Gasteiger partial charge in [0.2, 0.25) is 17.7 Å². The van der Waals surface area contributed by atoms with Crippen LogP contribution >= 0.6 is 11.3 Å². The molecule has 4 heterocycles. The van der Waals surface area contributed by atoms with E-state index in [4.69, 9.17) is 15.9 Å². The zero-order chi connectivity index (χ0) is 47.1. The van der Waals surface area contributed by atoms with Gasteiger partial charge in [-0.15, -0.1) is 11.3 Å². The molecule has 3 fully saturated rings. The Morgan fingerprint density at radius 3 is 2.35 bits per heavy atom. The summed E-state index contributed by atoms with van der Waals surface area (Å²) in [6.45, 7) is 11.3. The van der Waals surface area contributed by atoms with Crippen LogP contribution in [0.1, 0.15) is 80.3 Å². The molecule has 0 spiro atoms. The Morgan fingerprint density at radius 2 is 1.70 bits per heavy atom. The van der Waals surface area contributed by atoms with Gasteiger partial charge in [-0.2, -0.15) is 0 Å². The Morgan fingerprint density at radius 1 is 0.985 bits per heavy atom. The fourth-order valence-electron chi connectivity index (χ4n) is 9.15. The topological polar surface area (TPSA) is 219 Å². The number of β-amino-alcohol motifs (C(OH)–C–C–N with tert-alkyl or cyclic N) is 1. The number of thiazole rings is 1. The molecule has 17 heteroatoms. The third kappa shape index (κ3) is 11.3. The van der Waals surface area contributed by atoms with Crippen LogP contribution in [0.3, 0.4) is 0 Å². The number of allylic oxidation sites excluding steroid dienone is 1. The first-order chi connectivity index (χ1) is 31.6. The Hall–Kier alpha value is -6.17. The first-order valence-corrected chi connectivity index (χ1v) is 23.5. The maximum absolute atomic E-state index is 14.3. The largest absolute Gasteiger partial charge is 0.494 e. The Labute approximate surface area is 390 Å². The van der Waals surface area contributed by atoms with E-state index in [9.17, 15) is 24.3 Å². The monoisotopic (exact) mass is 918 g/mol. The van der Waals surface area contributed by atoms with E-state index in [1.165, 1.54) is 11.0 Å². The number of methoxy groups -OCH3 is 1. The van der Waals surface area contributed by atoms with Gasteiger partial charge in [-0.05, 0) is 79.5 Å². The number of nitrogens with zero attached hydrogens (tertiary/aromatic N) is 5. The quantitative estimate of drug-likeness (QED) is 0.0902. The predicted octanol–water partition coefficient (Wildman–Crippen LogP) is 5.21. The molecule has 2 aromatic carbocycles. The lowest BCUT2D eigenvalue weighted by Gasteiger charge is -2.43. The van der Waals surface area contributed by atoms with Crippen LogP contribution < -0.4 is 31.3 Å². The first kappa shape index (κ1) is 47.8. The fourth-order valence-corrected chi connectivity index (χ4v) is 9.96. The number of benzene rings is 2. The summed E-state index contributed by atoms with van der Waals surface area (Å²) in [6.07, 6.45) is 4.90. The highest BCUT2D eigenvalue weighted by atomic mass is 32.1. The van der Waals surface area contributed by atoms with Crippen molar-refractivity contribution < 1.29 is 29.0 Å².